The van der Waals surface area contributed by atoms with Gasteiger partial charge in [0.05, 0.1) is 11.9 Å². The van der Waals surface area contributed by atoms with E-state index in [1.165, 1.54) is 6.33 Å². The highest BCUT2D eigenvalue weighted by molar-refractivity contribution is 8.07. The van der Waals surface area contributed by atoms with Gasteiger partial charge in [-0.05, 0) is 44.4 Å². The molecule has 0 amide bonds. The fraction of sp³-hybridized carbons (Fsp3) is 0.762. The van der Waals surface area contributed by atoms with E-state index in [2.05, 4.69) is 35.7 Å². The van der Waals surface area contributed by atoms with E-state index in [9.17, 15) is 9.69 Å². The lowest BCUT2D eigenvalue weighted by Gasteiger charge is -2.40. The lowest BCUT2D eigenvalue weighted by molar-refractivity contribution is -0.129. The van der Waals surface area contributed by atoms with Gasteiger partial charge in [0.15, 0.2) is 11.2 Å². The molecular formula is C21H36N5O6PS. The summed E-state index contributed by atoms with van der Waals surface area (Å²) in [6.45, 7) is 8.52. The summed E-state index contributed by atoms with van der Waals surface area (Å²) in [7, 11) is 1.62. The van der Waals surface area contributed by atoms with E-state index in [4.69, 9.17) is 36.1 Å². The summed E-state index contributed by atoms with van der Waals surface area (Å²) in [6.07, 6.45) is 1.72. The number of aromatic amines is 1. The molecule has 2 aromatic heterocycles. The minimum Gasteiger partial charge on any atom is -0.385 e. The Morgan fingerprint density at radius 3 is 2.65 bits per heavy atom. The van der Waals surface area contributed by atoms with Gasteiger partial charge in [0.2, 0.25) is 5.95 Å². The first-order valence-electron chi connectivity index (χ1n) is 11.2. The zero-order chi connectivity index (χ0) is 25.5. The van der Waals surface area contributed by atoms with Crippen molar-refractivity contribution in [1.82, 2.24) is 19.5 Å². The van der Waals surface area contributed by atoms with Crippen molar-refractivity contribution in [2.45, 2.75) is 84.3 Å². The number of imidazole rings is 1. The van der Waals surface area contributed by atoms with Crippen LogP contribution in [0.3, 0.4) is 0 Å². The second-order valence-electron chi connectivity index (χ2n) is 10.9. The molecule has 13 heteroatoms. The van der Waals surface area contributed by atoms with E-state index in [-0.39, 0.29) is 16.9 Å². The summed E-state index contributed by atoms with van der Waals surface area (Å²) in [5.41, 5.74) is 4.11. The maximum Gasteiger partial charge on any atom is 0.325 e. The Morgan fingerprint density at radius 1 is 1.38 bits per heavy atom. The summed E-state index contributed by atoms with van der Waals surface area (Å²) >= 11 is 5.38. The number of hydrogen-bond acceptors (Lipinski definition) is 9. The largest absolute Gasteiger partial charge is 0.385 e. The highest BCUT2D eigenvalue weighted by atomic mass is 32.5. The van der Waals surface area contributed by atoms with Crippen LogP contribution >= 0.6 is 6.72 Å². The second-order valence-corrected chi connectivity index (χ2v) is 13.6. The molecule has 3 rings (SSSR count). The number of nitrogens with two attached hydrogens (primary N) is 1. The van der Waals surface area contributed by atoms with E-state index in [1.807, 2.05) is 0 Å². The summed E-state index contributed by atoms with van der Waals surface area (Å²) in [4.78, 5) is 34.1. The molecule has 1 aliphatic rings. The zero-order valence-corrected chi connectivity index (χ0v) is 22.5. The third kappa shape index (κ3) is 6.42. The predicted octanol–water partition coefficient (Wildman–Crippen LogP) is 3.25. The maximum atomic E-state index is 12.3. The Morgan fingerprint density at radius 2 is 2.06 bits per heavy atom. The van der Waals surface area contributed by atoms with Crippen LogP contribution in [0.1, 0.15) is 67.0 Å². The van der Waals surface area contributed by atoms with E-state index in [0.29, 0.717) is 31.5 Å². The quantitative estimate of drug-likeness (QED) is 0.446. The van der Waals surface area contributed by atoms with Crippen LogP contribution in [0.25, 0.3) is 11.2 Å². The van der Waals surface area contributed by atoms with Gasteiger partial charge in [-0.1, -0.05) is 20.8 Å². The Balaban J connectivity index is 2.05. The van der Waals surface area contributed by atoms with Crippen LogP contribution in [0.5, 0.6) is 0 Å². The highest BCUT2D eigenvalue weighted by Gasteiger charge is 2.53. The van der Waals surface area contributed by atoms with Crippen LogP contribution in [-0.4, -0.2) is 55.4 Å². The van der Waals surface area contributed by atoms with Gasteiger partial charge in [-0.15, -0.1) is 0 Å². The van der Waals surface area contributed by atoms with Gasteiger partial charge in [0, 0.05) is 26.6 Å². The molecule has 0 aliphatic carbocycles. The predicted molar refractivity (Wildman–Crippen MR) is 133 cm³/mol. The number of nitrogen functional groups attached to an aromatic ring is 1. The number of nitrogens with zero attached hydrogens (tertiary/aromatic N) is 3. The molecule has 1 unspecified atom stereocenters. The molecule has 0 radical (unpaired) electrons. The molecule has 4 atom stereocenters. The monoisotopic (exact) mass is 517 g/mol. The Kier molecular flexibility index (Phi) is 7.65. The lowest BCUT2D eigenvalue weighted by atomic mass is 9.77. The third-order valence-electron chi connectivity index (χ3n) is 5.34. The minimum absolute atomic E-state index is 0.0187. The van der Waals surface area contributed by atoms with Crippen molar-refractivity contribution in [3.63, 3.8) is 0 Å². The maximum absolute atomic E-state index is 12.3. The smallest absolute Gasteiger partial charge is 0.325 e. The summed E-state index contributed by atoms with van der Waals surface area (Å²) in [5.74, 6) is -0.0187. The number of nitrogens with one attached hydrogen (secondary N) is 1. The van der Waals surface area contributed by atoms with Gasteiger partial charge in [0.25, 0.3) is 5.56 Å². The Bertz CT molecular complexity index is 1120. The van der Waals surface area contributed by atoms with Gasteiger partial charge in [-0.2, -0.15) is 4.98 Å². The summed E-state index contributed by atoms with van der Waals surface area (Å²) in [5, 5.41) is 0. The van der Waals surface area contributed by atoms with Crippen LogP contribution in [0.2, 0.25) is 0 Å². The molecule has 34 heavy (non-hydrogen) atoms. The molecule has 11 nitrogen and oxygen atoms in total. The topological polar surface area (TPSA) is 147 Å². The van der Waals surface area contributed by atoms with Crippen molar-refractivity contribution in [3.8, 4) is 0 Å². The summed E-state index contributed by atoms with van der Waals surface area (Å²) in [6, 6.07) is 0. The Hall–Kier alpha value is -1.40. The molecule has 0 spiro atoms. The van der Waals surface area contributed by atoms with Crippen molar-refractivity contribution >= 4 is 35.6 Å². The number of fused-ring (bicyclic) bond motifs is 1. The third-order valence-corrected chi connectivity index (χ3v) is 7.12. The number of methoxy groups -OCH3 is 1. The summed E-state index contributed by atoms with van der Waals surface area (Å²) < 4.78 is 25.6. The van der Waals surface area contributed by atoms with E-state index < -0.39 is 35.8 Å². The van der Waals surface area contributed by atoms with Crippen LogP contribution in [0.15, 0.2) is 11.1 Å². The average molecular weight is 518 g/mol. The van der Waals surface area contributed by atoms with Crippen LogP contribution in [0, 0.1) is 5.41 Å². The van der Waals surface area contributed by atoms with Gasteiger partial charge >= 0.3 is 6.72 Å². The SMILES string of the molecule is COCC[C@]1(CC(C)(C)C)O[C@@H](n2cnc3c(=O)[nH]c(N)nc32)C[C@H]1OP(O)(=S)OC(C)(C)C. The van der Waals surface area contributed by atoms with Gasteiger partial charge in [-0.3, -0.25) is 14.3 Å². The molecule has 4 N–H and O–H groups in total. The fourth-order valence-electron chi connectivity index (χ4n) is 4.42. The number of ether oxygens (including phenoxy) is 2. The van der Waals surface area contributed by atoms with Crippen molar-refractivity contribution < 1.29 is 23.4 Å². The van der Waals surface area contributed by atoms with Gasteiger partial charge in [-0.25, -0.2) is 4.98 Å². The van der Waals surface area contributed by atoms with Crippen molar-refractivity contribution in [3.05, 3.63) is 16.7 Å². The first-order valence-corrected chi connectivity index (χ1v) is 13.7. The molecule has 1 aliphatic heterocycles. The van der Waals surface area contributed by atoms with Crippen LogP contribution in [0.4, 0.5) is 5.95 Å². The molecule has 2 aromatic rings. The van der Waals surface area contributed by atoms with E-state index in [1.54, 1.807) is 32.4 Å². The molecule has 1 saturated heterocycles. The molecule has 0 aromatic carbocycles. The van der Waals surface area contributed by atoms with Crippen LogP contribution < -0.4 is 11.3 Å². The first kappa shape index (κ1) is 27.2. The Labute approximate surface area is 204 Å². The molecule has 1 fully saturated rings. The normalized spacial score (nSPS) is 25.6. The zero-order valence-electron chi connectivity index (χ0n) is 20.8. The average Bonchev–Trinajstić information content (AvgIpc) is 3.18. The lowest BCUT2D eigenvalue weighted by Crippen LogP contribution is -2.45. The van der Waals surface area contributed by atoms with Gasteiger partial charge in [0.1, 0.15) is 17.9 Å². The molecule has 0 bridgehead atoms. The van der Waals surface area contributed by atoms with Crippen molar-refractivity contribution in [2.75, 3.05) is 19.5 Å². The number of aromatic nitrogens is 4. The second kappa shape index (κ2) is 9.57. The van der Waals surface area contributed by atoms with E-state index >= 15 is 0 Å². The standard InChI is InChI=1S/C21H36N5O6PS/c1-19(2,3)11-21(8-9-29-7)13(31-33(28,34)32-20(4,5)6)10-14(30-21)26-12-23-15-16(26)24-18(22)25-17(15)27/h12-14H,8-11H2,1-7H3,(H,28,34)(H3,22,24,25,27)/t13-,14-,21-,33?/m1/s1. The number of H-pyrrole nitrogens is 1. The van der Waals surface area contributed by atoms with E-state index in [0.717, 1.165) is 0 Å². The highest BCUT2D eigenvalue weighted by Crippen LogP contribution is 2.56. The number of anilines is 1. The van der Waals surface area contributed by atoms with Crippen molar-refractivity contribution in [2.24, 2.45) is 5.41 Å². The number of rotatable bonds is 8. The molecule has 192 valence electrons. The molecule has 3 heterocycles. The minimum atomic E-state index is -3.61. The molecule has 0 saturated carbocycles. The first-order chi connectivity index (χ1) is 15.5. The molecular weight excluding hydrogens is 481 g/mol. The van der Waals surface area contributed by atoms with Gasteiger partial charge < -0.3 is 29.1 Å². The van der Waals surface area contributed by atoms with Crippen molar-refractivity contribution in [1.29, 1.82) is 0 Å². The number of hydrogen-bond donors (Lipinski definition) is 3. The van der Waals surface area contributed by atoms with Crippen LogP contribution in [-0.2, 0) is 30.3 Å². The fourth-order valence-corrected chi connectivity index (χ4v) is 6.74.